The Kier molecular flexibility index (Phi) is 5.47. The van der Waals surface area contributed by atoms with Gasteiger partial charge >= 0.3 is 5.97 Å². The highest BCUT2D eigenvalue weighted by atomic mass is 16.5. The van der Waals surface area contributed by atoms with Crippen LogP contribution >= 0.6 is 0 Å². The van der Waals surface area contributed by atoms with Crippen molar-refractivity contribution in [2.75, 3.05) is 14.2 Å². The number of carbonyl (C=O) groups excluding carboxylic acids is 1. The monoisotopic (exact) mass is 321 g/mol. The molecule has 1 amide bonds. The van der Waals surface area contributed by atoms with Gasteiger partial charge in [-0.2, -0.15) is 0 Å². The van der Waals surface area contributed by atoms with E-state index in [1.54, 1.807) is 18.2 Å². The van der Waals surface area contributed by atoms with E-state index in [1.807, 2.05) is 0 Å². The summed E-state index contributed by atoms with van der Waals surface area (Å²) in [4.78, 5) is 24.4. The van der Waals surface area contributed by atoms with Crippen LogP contribution in [0.25, 0.3) is 0 Å². The number of ether oxygens (including phenoxy) is 2. The van der Waals surface area contributed by atoms with Crippen molar-refractivity contribution in [1.29, 1.82) is 0 Å². The van der Waals surface area contributed by atoms with Crippen molar-refractivity contribution < 1.29 is 24.2 Å². The Morgan fingerprint density at radius 3 is 2.26 bits per heavy atom. The summed E-state index contributed by atoms with van der Waals surface area (Å²) in [5, 5.41) is 12.4. The molecule has 0 atom stereocenters. The number of nitrogens with one attached hydrogen (secondary N) is 1. The van der Waals surface area contributed by atoms with Crippen LogP contribution in [0.4, 0.5) is 0 Å². The quantitative estimate of drug-likeness (QED) is 0.814. The first-order valence-electron chi connectivity index (χ1n) is 7.80. The van der Waals surface area contributed by atoms with Crippen molar-refractivity contribution >= 4 is 11.9 Å². The first-order valence-corrected chi connectivity index (χ1v) is 7.80. The van der Waals surface area contributed by atoms with Crippen LogP contribution in [-0.4, -0.2) is 36.7 Å². The van der Waals surface area contributed by atoms with Crippen molar-refractivity contribution in [3.63, 3.8) is 0 Å². The molecule has 0 saturated heterocycles. The minimum atomic E-state index is -1.20. The Balaban J connectivity index is 2.27. The van der Waals surface area contributed by atoms with Gasteiger partial charge in [-0.25, -0.2) is 4.79 Å². The van der Waals surface area contributed by atoms with Gasteiger partial charge in [0.15, 0.2) is 0 Å². The van der Waals surface area contributed by atoms with E-state index in [2.05, 4.69) is 5.32 Å². The van der Waals surface area contributed by atoms with Gasteiger partial charge in [-0.15, -0.1) is 0 Å². The van der Waals surface area contributed by atoms with Crippen molar-refractivity contribution in [2.45, 2.75) is 44.1 Å². The molecule has 0 spiro atoms. The van der Waals surface area contributed by atoms with Crippen LogP contribution < -0.4 is 14.8 Å². The van der Waals surface area contributed by atoms with Crippen molar-refractivity contribution in [3.8, 4) is 11.5 Å². The van der Waals surface area contributed by atoms with Gasteiger partial charge in [0.2, 0.25) is 0 Å². The highest BCUT2D eigenvalue weighted by Crippen LogP contribution is 2.30. The molecule has 1 aromatic rings. The second-order valence-electron chi connectivity index (χ2n) is 5.82. The van der Waals surface area contributed by atoms with E-state index in [0.717, 1.165) is 25.7 Å². The van der Waals surface area contributed by atoms with Crippen LogP contribution in [0.1, 0.15) is 48.9 Å². The number of hydrogen-bond donors (Lipinski definition) is 2. The number of carbonyl (C=O) groups is 2. The van der Waals surface area contributed by atoms with E-state index in [-0.39, 0.29) is 0 Å². The summed E-state index contributed by atoms with van der Waals surface area (Å²) >= 11 is 0. The summed E-state index contributed by atoms with van der Waals surface area (Å²) in [7, 11) is 2.99. The Morgan fingerprint density at radius 2 is 1.74 bits per heavy atom. The van der Waals surface area contributed by atoms with Gasteiger partial charge in [-0.1, -0.05) is 25.7 Å². The van der Waals surface area contributed by atoms with Gasteiger partial charge in [-0.05, 0) is 25.0 Å². The Labute approximate surface area is 135 Å². The highest BCUT2D eigenvalue weighted by Gasteiger charge is 2.40. The van der Waals surface area contributed by atoms with E-state index in [0.29, 0.717) is 29.9 Å². The number of methoxy groups -OCH3 is 2. The van der Waals surface area contributed by atoms with Crippen molar-refractivity contribution in [3.05, 3.63) is 23.8 Å². The summed E-state index contributed by atoms with van der Waals surface area (Å²) in [5.74, 6) is -0.481. The fourth-order valence-electron chi connectivity index (χ4n) is 3.00. The first kappa shape index (κ1) is 17.1. The lowest BCUT2D eigenvalue weighted by Gasteiger charge is -2.29. The first-order chi connectivity index (χ1) is 11.0. The average Bonchev–Trinajstić information content (AvgIpc) is 2.80. The van der Waals surface area contributed by atoms with Gasteiger partial charge < -0.3 is 19.9 Å². The van der Waals surface area contributed by atoms with Crippen LogP contribution in [0.3, 0.4) is 0 Å². The largest absolute Gasteiger partial charge is 0.497 e. The van der Waals surface area contributed by atoms with Gasteiger partial charge in [-0.3, -0.25) is 4.79 Å². The molecule has 0 unspecified atom stereocenters. The molecule has 2 N–H and O–H groups in total. The third-order valence-electron chi connectivity index (χ3n) is 4.37. The SMILES string of the molecule is COc1ccc(C(=O)NC2(C(=O)O)CCCCCC2)c(OC)c1. The van der Waals surface area contributed by atoms with Gasteiger partial charge in [0.1, 0.15) is 17.0 Å². The maximum atomic E-state index is 12.6. The molecule has 1 fully saturated rings. The predicted octanol–water partition coefficient (Wildman–Crippen LogP) is 2.61. The Hall–Kier alpha value is -2.24. The zero-order chi connectivity index (χ0) is 16.9. The summed E-state index contributed by atoms with van der Waals surface area (Å²) in [6.45, 7) is 0. The summed E-state index contributed by atoms with van der Waals surface area (Å²) in [6.07, 6.45) is 4.49. The standard InChI is InChI=1S/C17H23NO5/c1-22-12-7-8-13(14(11-12)23-2)15(19)18-17(16(20)21)9-5-3-4-6-10-17/h7-8,11H,3-6,9-10H2,1-2H3,(H,18,19)(H,20,21). The van der Waals surface area contributed by atoms with E-state index >= 15 is 0 Å². The number of hydrogen-bond acceptors (Lipinski definition) is 4. The van der Waals surface area contributed by atoms with E-state index < -0.39 is 17.4 Å². The molecule has 2 rings (SSSR count). The maximum absolute atomic E-state index is 12.6. The van der Waals surface area contributed by atoms with Crippen LogP contribution in [0.15, 0.2) is 18.2 Å². The second kappa shape index (κ2) is 7.35. The Bertz CT molecular complexity index is 576. The summed E-state index contributed by atoms with van der Waals surface area (Å²) in [5.41, 5.74) is -0.892. The zero-order valence-corrected chi connectivity index (χ0v) is 13.6. The molecule has 1 aliphatic rings. The summed E-state index contributed by atoms with van der Waals surface area (Å²) < 4.78 is 10.3. The second-order valence-corrected chi connectivity index (χ2v) is 5.82. The molecule has 6 nitrogen and oxygen atoms in total. The number of benzene rings is 1. The van der Waals surface area contributed by atoms with E-state index in [4.69, 9.17) is 9.47 Å². The minimum absolute atomic E-state index is 0.304. The molecule has 0 bridgehead atoms. The number of aliphatic carboxylic acids is 1. The molecule has 0 aromatic heterocycles. The number of carboxylic acids is 1. The van der Waals surface area contributed by atoms with Crippen LogP contribution in [0, 0.1) is 0 Å². The number of rotatable bonds is 5. The van der Waals surface area contributed by atoms with Gasteiger partial charge in [0.25, 0.3) is 5.91 Å². The predicted molar refractivity (Wildman–Crippen MR) is 85.1 cm³/mol. The zero-order valence-electron chi connectivity index (χ0n) is 13.6. The van der Waals surface area contributed by atoms with Gasteiger partial charge in [0, 0.05) is 6.07 Å². The molecule has 1 aromatic carbocycles. The number of carboxylic acid groups (broad SMARTS) is 1. The third kappa shape index (κ3) is 3.75. The lowest BCUT2D eigenvalue weighted by Crippen LogP contribution is -2.54. The molecule has 126 valence electrons. The third-order valence-corrected chi connectivity index (χ3v) is 4.37. The molecule has 23 heavy (non-hydrogen) atoms. The minimum Gasteiger partial charge on any atom is -0.497 e. The normalized spacial score (nSPS) is 17.0. The molecule has 6 heteroatoms. The molecular weight excluding hydrogens is 298 g/mol. The number of amides is 1. The molecule has 0 heterocycles. The van der Waals surface area contributed by atoms with Gasteiger partial charge in [0.05, 0.1) is 19.8 Å². The highest BCUT2D eigenvalue weighted by molar-refractivity contribution is 6.00. The van der Waals surface area contributed by atoms with Crippen molar-refractivity contribution in [2.24, 2.45) is 0 Å². The fourth-order valence-corrected chi connectivity index (χ4v) is 3.00. The van der Waals surface area contributed by atoms with Crippen LogP contribution in [-0.2, 0) is 4.79 Å². The van der Waals surface area contributed by atoms with E-state index in [9.17, 15) is 14.7 Å². The smallest absolute Gasteiger partial charge is 0.329 e. The lowest BCUT2D eigenvalue weighted by atomic mass is 9.89. The molecule has 0 aliphatic heterocycles. The van der Waals surface area contributed by atoms with E-state index in [1.165, 1.54) is 14.2 Å². The molecule has 1 aliphatic carbocycles. The van der Waals surface area contributed by atoms with Crippen LogP contribution in [0.5, 0.6) is 11.5 Å². The average molecular weight is 321 g/mol. The molecule has 0 radical (unpaired) electrons. The topological polar surface area (TPSA) is 84.9 Å². The fraction of sp³-hybridized carbons (Fsp3) is 0.529. The lowest BCUT2D eigenvalue weighted by molar-refractivity contribution is -0.145. The summed E-state index contributed by atoms with van der Waals surface area (Å²) in [6, 6.07) is 4.84. The van der Waals surface area contributed by atoms with Crippen LogP contribution in [0.2, 0.25) is 0 Å². The van der Waals surface area contributed by atoms with Crippen molar-refractivity contribution in [1.82, 2.24) is 5.32 Å². The molecule has 1 saturated carbocycles. The maximum Gasteiger partial charge on any atom is 0.329 e. The molecular formula is C17H23NO5. The Morgan fingerprint density at radius 1 is 1.09 bits per heavy atom.